The molecule has 2 rings (SSSR count). The van der Waals surface area contributed by atoms with Crippen molar-refractivity contribution >= 4 is 6.09 Å². The van der Waals surface area contributed by atoms with Gasteiger partial charge in [-0.1, -0.05) is 65.0 Å². The van der Waals surface area contributed by atoms with Crippen molar-refractivity contribution in [3.63, 3.8) is 0 Å². The van der Waals surface area contributed by atoms with E-state index in [1.165, 1.54) is 10.5 Å². The lowest BCUT2D eigenvalue weighted by atomic mass is 9.72. The summed E-state index contributed by atoms with van der Waals surface area (Å²) in [6.45, 7) is 15.7. The standard InChI is InChI=1S/C27H39NO4/c1-8-28(26(29)32-23-12-10-9-11-13-23)19-30-21(4)31-24-16-14-22(15-17-24)25(18-20(2)3)27(5,6)7/h9-17,20-21,25H,8,18-19H2,1-7H3. The average Bonchev–Trinajstić information content (AvgIpc) is 2.73. The number of para-hydroxylation sites is 1. The van der Waals surface area contributed by atoms with Crippen LogP contribution in [0.3, 0.4) is 0 Å². The maximum absolute atomic E-state index is 12.4. The van der Waals surface area contributed by atoms with Gasteiger partial charge in [0.2, 0.25) is 0 Å². The molecule has 1 amide bonds. The molecule has 0 aromatic heterocycles. The number of nitrogens with zero attached hydrogens (tertiary/aromatic N) is 1. The predicted octanol–water partition coefficient (Wildman–Crippen LogP) is 7.08. The van der Waals surface area contributed by atoms with Crippen LogP contribution in [0.5, 0.6) is 11.5 Å². The maximum Gasteiger partial charge on any atom is 0.417 e. The molecular weight excluding hydrogens is 402 g/mol. The number of carbonyl (C=O) groups excluding carboxylic acids is 1. The molecule has 5 heteroatoms. The zero-order chi connectivity index (χ0) is 23.7. The molecule has 2 unspecified atom stereocenters. The van der Waals surface area contributed by atoms with Gasteiger partial charge >= 0.3 is 6.09 Å². The molecule has 0 radical (unpaired) electrons. The zero-order valence-corrected chi connectivity index (χ0v) is 20.6. The van der Waals surface area contributed by atoms with Crippen molar-refractivity contribution in [2.45, 2.75) is 67.1 Å². The molecule has 0 aliphatic rings. The number of rotatable bonds is 10. The lowest BCUT2D eigenvalue weighted by Crippen LogP contribution is -2.37. The van der Waals surface area contributed by atoms with E-state index in [2.05, 4.69) is 46.8 Å². The summed E-state index contributed by atoms with van der Waals surface area (Å²) in [5, 5.41) is 0. The third-order valence-corrected chi connectivity index (χ3v) is 5.39. The van der Waals surface area contributed by atoms with E-state index in [-0.39, 0.29) is 12.1 Å². The first-order valence-electron chi connectivity index (χ1n) is 11.5. The minimum absolute atomic E-state index is 0.0852. The molecule has 0 heterocycles. The Balaban J connectivity index is 1.90. The van der Waals surface area contributed by atoms with Gasteiger partial charge in [-0.2, -0.15) is 0 Å². The Morgan fingerprint density at radius 2 is 1.56 bits per heavy atom. The van der Waals surface area contributed by atoms with Crippen molar-refractivity contribution in [2.24, 2.45) is 11.3 Å². The third kappa shape index (κ3) is 8.19. The molecule has 2 aromatic rings. The molecule has 0 N–H and O–H groups in total. The molecule has 5 nitrogen and oxygen atoms in total. The molecule has 0 fully saturated rings. The number of amides is 1. The van der Waals surface area contributed by atoms with Gasteiger partial charge in [0, 0.05) is 6.54 Å². The van der Waals surface area contributed by atoms with Crippen molar-refractivity contribution in [1.29, 1.82) is 0 Å². The summed E-state index contributed by atoms with van der Waals surface area (Å²) in [5.74, 6) is 2.37. The van der Waals surface area contributed by atoms with Crippen LogP contribution in [0.25, 0.3) is 0 Å². The fourth-order valence-corrected chi connectivity index (χ4v) is 3.59. The van der Waals surface area contributed by atoms with Crippen LogP contribution in [0.15, 0.2) is 54.6 Å². The lowest BCUT2D eigenvalue weighted by Gasteiger charge is -2.32. The summed E-state index contributed by atoms with van der Waals surface area (Å²) < 4.78 is 17.0. The number of ether oxygens (including phenoxy) is 3. The highest BCUT2D eigenvalue weighted by molar-refractivity contribution is 5.70. The van der Waals surface area contributed by atoms with Crippen molar-refractivity contribution in [3.8, 4) is 11.5 Å². The molecule has 0 bridgehead atoms. The molecule has 0 saturated heterocycles. The predicted molar refractivity (Wildman–Crippen MR) is 129 cm³/mol. The van der Waals surface area contributed by atoms with E-state index in [4.69, 9.17) is 14.2 Å². The third-order valence-electron chi connectivity index (χ3n) is 5.39. The molecule has 0 aliphatic carbocycles. The fraction of sp³-hybridized carbons (Fsp3) is 0.519. The van der Waals surface area contributed by atoms with E-state index in [1.807, 2.05) is 44.2 Å². The topological polar surface area (TPSA) is 48.0 Å². The number of carbonyl (C=O) groups is 1. The van der Waals surface area contributed by atoms with Gasteiger partial charge in [-0.25, -0.2) is 4.79 Å². The van der Waals surface area contributed by atoms with Crippen LogP contribution < -0.4 is 9.47 Å². The monoisotopic (exact) mass is 441 g/mol. The molecule has 32 heavy (non-hydrogen) atoms. The summed E-state index contributed by atoms with van der Waals surface area (Å²) in [5.41, 5.74) is 1.52. The first kappa shape index (κ1) is 25.7. The van der Waals surface area contributed by atoms with E-state index in [1.54, 1.807) is 12.1 Å². The molecule has 2 atom stereocenters. The van der Waals surface area contributed by atoms with Gasteiger partial charge in [-0.05, 0) is 67.3 Å². The zero-order valence-electron chi connectivity index (χ0n) is 20.6. The number of hydrogen-bond donors (Lipinski definition) is 0. The average molecular weight is 442 g/mol. The Hall–Kier alpha value is -2.53. The van der Waals surface area contributed by atoms with Crippen molar-refractivity contribution in [3.05, 3.63) is 60.2 Å². The second-order valence-electron chi connectivity index (χ2n) is 9.64. The van der Waals surface area contributed by atoms with Crippen LogP contribution in [-0.2, 0) is 4.74 Å². The highest BCUT2D eigenvalue weighted by Crippen LogP contribution is 2.40. The smallest absolute Gasteiger partial charge is 0.417 e. The second-order valence-corrected chi connectivity index (χ2v) is 9.64. The van der Waals surface area contributed by atoms with Crippen LogP contribution >= 0.6 is 0 Å². The minimum atomic E-state index is -0.506. The van der Waals surface area contributed by atoms with Gasteiger partial charge < -0.3 is 14.2 Å². The Kier molecular flexibility index (Phi) is 9.58. The highest BCUT2D eigenvalue weighted by Gasteiger charge is 2.27. The van der Waals surface area contributed by atoms with E-state index in [0.29, 0.717) is 24.1 Å². The lowest BCUT2D eigenvalue weighted by molar-refractivity contribution is -0.0986. The van der Waals surface area contributed by atoms with Gasteiger partial charge in [0.25, 0.3) is 0 Å². The summed E-state index contributed by atoms with van der Waals surface area (Å²) in [7, 11) is 0. The van der Waals surface area contributed by atoms with Crippen molar-refractivity contribution < 1.29 is 19.0 Å². The Morgan fingerprint density at radius 1 is 0.938 bits per heavy atom. The number of hydrogen-bond acceptors (Lipinski definition) is 4. The number of benzene rings is 2. The minimum Gasteiger partial charge on any atom is -0.465 e. The Morgan fingerprint density at radius 3 is 2.09 bits per heavy atom. The van der Waals surface area contributed by atoms with E-state index < -0.39 is 12.4 Å². The van der Waals surface area contributed by atoms with Crippen LogP contribution in [0.4, 0.5) is 4.79 Å². The van der Waals surface area contributed by atoms with E-state index in [0.717, 1.165) is 12.2 Å². The van der Waals surface area contributed by atoms with Crippen LogP contribution in [0.1, 0.15) is 66.4 Å². The Bertz CT molecular complexity index is 812. The quantitative estimate of drug-likeness (QED) is 0.370. The van der Waals surface area contributed by atoms with Gasteiger partial charge in [0.15, 0.2) is 6.29 Å². The summed E-state index contributed by atoms with van der Waals surface area (Å²) >= 11 is 0. The fourth-order valence-electron chi connectivity index (χ4n) is 3.59. The first-order valence-corrected chi connectivity index (χ1v) is 11.5. The summed E-state index contributed by atoms with van der Waals surface area (Å²) in [6, 6.07) is 17.3. The molecular formula is C27H39NO4. The molecule has 2 aromatic carbocycles. The van der Waals surface area contributed by atoms with Gasteiger partial charge in [-0.3, -0.25) is 4.90 Å². The summed E-state index contributed by atoms with van der Waals surface area (Å²) in [4.78, 5) is 13.8. The van der Waals surface area contributed by atoms with Crippen LogP contribution in [-0.4, -0.2) is 30.6 Å². The van der Waals surface area contributed by atoms with E-state index in [9.17, 15) is 4.79 Å². The van der Waals surface area contributed by atoms with E-state index >= 15 is 0 Å². The molecule has 0 spiro atoms. The summed E-state index contributed by atoms with van der Waals surface area (Å²) in [6.07, 6.45) is 0.192. The van der Waals surface area contributed by atoms with Gasteiger partial charge in [0.1, 0.15) is 18.2 Å². The Labute approximate surface area is 193 Å². The largest absolute Gasteiger partial charge is 0.465 e. The second kappa shape index (κ2) is 11.9. The first-order chi connectivity index (χ1) is 15.1. The molecule has 0 aliphatic heterocycles. The SMILES string of the molecule is CCN(COC(C)Oc1ccc(C(CC(C)C)C(C)(C)C)cc1)C(=O)Oc1ccccc1. The molecule has 176 valence electrons. The maximum atomic E-state index is 12.4. The van der Waals surface area contributed by atoms with Crippen LogP contribution in [0, 0.1) is 11.3 Å². The van der Waals surface area contributed by atoms with Gasteiger partial charge in [-0.15, -0.1) is 0 Å². The van der Waals surface area contributed by atoms with Crippen molar-refractivity contribution in [2.75, 3.05) is 13.3 Å². The van der Waals surface area contributed by atoms with Crippen LogP contribution in [0.2, 0.25) is 0 Å². The van der Waals surface area contributed by atoms with Crippen molar-refractivity contribution in [1.82, 2.24) is 4.90 Å². The molecule has 0 saturated carbocycles. The highest BCUT2D eigenvalue weighted by atomic mass is 16.7. The van der Waals surface area contributed by atoms with Gasteiger partial charge in [0.05, 0.1) is 0 Å². The normalized spacial score (nSPS) is 13.5.